The number of carbonyl (C=O) groups excluding carboxylic acids is 3. The molecule has 0 spiro atoms. The molecule has 0 radical (unpaired) electrons. The number of aromatic nitrogens is 4. The third-order valence-corrected chi connectivity index (χ3v) is 15.2. The van der Waals surface area contributed by atoms with E-state index in [1.165, 1.54) is 91.8 Å². The number of urea groups is 2. The van der Waals surface area contributed by atoms with Crippen LogP contribution in [0.3, 0.4) is 0 Å². The van der Waals surface area contributed by atoms with Crippen molar-refractivity contribution in [2.24, 2.45) is 11.8 Å². The molecule has 5 amide bonds. The molecule has 2 aromatic rings. The number of ether oxygens (including phenoxy) is 1. The maximum atomic E-state index is 12.5. The Morgan fingerprint density at radius 1 is 0.703 bits per heavy atom. The van der Waals surface area contributed by atoms with Crippen LogP contribution in [0, 0.1) is 11.8 Å². The summed E-state index contributed by atoms with van der Waals surface area (Å²) in [6.45, 7) is 24.0. The predicted molar refractivity (Wildman–Crippen MR) is 265 cm³/mol. The van der Waals surface area contributed by atoms with Gasteiger partial charge in [0.05, 0.1) is 38.3 Å². The number of nitrogens with one attached hydrogen (secondary N) is 1. The molecule has 0 aliphatic carbocycles. The maximum absolute atomic E-state index is 12.5. The summed E-state index contributed by atoms with van der Waals surface area (Å²) >= 11 is 0. The average molecular weight is 1090 g/mol. The van der Waals surface area contributed by atoms with Crippen LogP contribution in [0.2, 0.25) is 0 Å². The van der Waals surface area contributed by atoms with Crippen molar-refractivity contribution in [2.75, 3.05) is 65.4 Å². The highest BCUT2D eigenvalue weighted by Crippen LogP contribution is 2.40. The third-order valence-electron chi connectivity index (χ3n) is 14.5. The van der Waals surface area contributed by atoms with Crippen LogP contribution in [0.1, 0.15) is 174 Å². The Hall–Kier alpha value is -4.25. The van der Waals surface area contributed by atoms with Crippen LogP contribution in [0.5, 0.6) is 0 Å². The van der Waals surface area contributed by atoms with Gasteiger partial charge in [0.15, 0.2) is 0 Å². The third kappa shape index (κ3) is 16.6. The van der Waals surface area contributed by atoms with Crippen molar-refractivity contribution >= 4 is 39.0 Å². The van der Waals surface area contributed by atoms with Gasteiger partial charge in [-0.3, -0.25) is 4.55 Å². The summed E-state index contributed by atoms with van der Waals surface area (Å²) in [4.78, 5) is 41.6. The second-order valence-electron chi connectivity index (χ2n) is 21.6. The van der Waals surface area contributed by atoms with E-state index in [0.717, 1.165) is 25.9 Å². The fourth-order valence-electron chi connectivity index (χ4n) is 10.7. The van der Waals surface area contributed by atoms with Crippen LogP contribution < -0.4 is 5.32 Å². The van der Waals surface area contributed by atoms with Gasteiger partial charge < -0.3 is 42.6 Å². The topological polar surface area (TPSA) is 297 Å². The lowest BCUT2D eigenvalue weighted by Crippen LogP contribution is -2.50. The smallest absolute Gasteiger partial charge is 0.418 e. The van der Waals surface area contributed by atoms with E-state index in [2.05, 4.69) is 62.0 Å². The summed E-state index contributed by atoms with van der Waals surface area (Å²) in [6, 6.07) is -3.25. The Bertz CT molecular complexity index is 2320. The number of rotatable bonds is 22. The van der Waals surface area contributed by atoms with Crippen molar-refractivity contribution in [2.45, 2.75) is 181 Å². The molecule has 8 rings (SSSR count). The second-order valence-corrected chi connectivity index (χ2v) is 23.5. The zero-order valence-electron chi connectivity index (χ0n) is 44.4. The lowest BCUT2D eigenvalue weighted by Gasteiger charge is -2.39. The highest BCUT2D eigenvalue weighted by atomic mass is 32.3. The second kappa shape index (κ2) is 26.2. The van der Waals surface area contributed by atoms with Gasteiger partial charge in [0.25, 0.3) is 0 Å². The molecule has 6 atom stereocenters. The first-order valence-corrected chi connectivity index (χ1v) is 29.4. The number of hydrogen-bond acceptors (Lipinski definition) is 18. The van der Waals surface area contributed by atoms with Crippen molar-refractivity contribution < 1.29 is 66.9 Å². The minimum atomic E-state index is -5.05. The first kappa shape index (κ1) is 59.0. The van der Waals surface area contributed by atoms with E-state index in [1.54, 1.807) is 4.90 Å². The maximum Gasteiger partial charge on any atom is 0.418 e. The number of amides is 5. The Balaban J connectivity index is 0.000000190. The molecular formula is C47H81N11O14S2. The molecule has 6 aliphatic rings. The zero-order valence-corrected chi connectivity index (χ0v) is 46.0. The summed E-state index contributed by atoms with van der Waals surface area (Å²) < 4.78 is 90.5. The van der Waals surface area contributed by atoms with E-state index in [-0.39, 0.29) is 31.0 Å². The number of fused-ring (bicyclic) bond motifs is 4. The molecule has 2 N–H and O–H groups in total. The molecular weight excluding hydrogens is 1010 g/mol. The standard InChI is InChI=1S/C18H27N5O8S.C16H36N.C13H19N5O6S/c1-18(2,3)30-17(25)21-7-6-11(9-21)8-14-19-20-15(29-14)13-5-4-12-10-22(13)16(24)23(12)31-32(26,27)28;1-5-9-13-17(14-10-6-2,15-11-7-3)16-12-8-4;19-13-17-7-9(18(13)24-25(20,21)22)1-2-10(17)12-16-15-11(23-12)5-8-3-4-14-6-8/h11-13H,4-10H2,1-3H3,(H,26,27,28);5-16H2,1-4H3;8-10,14H,1-7H2,(H,20,21,22)/q;+1;/p-1/t11?,12-,13+;;8?,9-,10+/m1.1/s1. The summed E-state index contributed by atoms with van der Waals surface area (Å²) in [7, 11) is -9.80. The zero-order chi connectivity index (χ0) is 53.8. The van der Waals surface area contributed by atoms with E-state index in [0.29, 0.717) is 85.3 Å². The number of unbranched alkanes of at least 4 members (excludes halogenated alkanes) is 4. The molecule has 420 valence electrons. The Morgan fingerprint density at radius 3 is 1.59 bits per heavy atom. The average Bonchev–Trinajstić information content (AvgIpc) is 4.23. The number of quaternary nitrogens is 1. The fourth-order valence-corrected chi connectivity index (χ4v) is 11.4. The Kier molecular flexibility index (Phi) is 20.9. The highest BCUT2D eigenvalue weighted by Gasteiger charge is 2.50. The van der Waals surface area contributed by atoms with Crippen molar-refractivity contribution in [3.63, 3.8) is 0 Å². The quantitative estimate of drug-likeness (QED) is 0.0764. The van der Waals surface area contributed by atoms with Crippen molar-refractivity contribution in [3.8, 4) is 0 Å². The van der Waals surface area contributed by atoms with Crippen LogP contribution in [-0.2, 0) is 46.9 Å². The molecule has 74 heavy (non-hydrogen) atoms. The monoisotopic (exact) mass is 1090 g/mol. The molecule has 2 unspecified atom stereocenters. The molecule has 27 heteroatoms. The van der Waals surface area contributed by atoms with Gasteiger partial charge in [-0.25, -0.2) is 22.8 Å². The van der Waals surface area contributed by atoms with Crippen LogP contribution in [0.25, 0.3) is 0 Å². The molecule has 0 saturated carbocycles. The van der Waals surface area contributed by atoms with Gasteiger partial charge in [-0.05, 0) is 110 Å². The molecule has 0 aromatic carbocycles. The lowest BCUT2D eigenvalue weighted by molar-refractivity contribution is -0.929. The summed E-state index contributed by atoms with van der Waals surface area (Å²) in [5.74, 6) is 2.16. The minimum absolute atomic E-state index is 0.145. The SMILES string of the molecule is CC(C)(C)OC(=O)N1CCC(Cc2nnc([C@@H]3CC[C@@H]4CN3C(=O)N4OS(=O)(=O)[O-])o2)C1.CCCC[N+](CCCC)(CCCC)CCCC.O=C1N2C[C@@H](CC[C@H]2c2nnc(CC3CCNC3)o2)N1OS(=O)(=O)O. The van der Waals surface area contributed by atoms with E-state index >= 15 is 0 Å². The van der Waals surface area contributed by atoms with E-state index in [4.69, 9.17) is 18.1 Å². The predicted octanol–water partition coefficient (Wildman–Crippen LogP) is 6.10. The first-order valence-electron chi connectivity index (χ1n) is 26.7. The van der Waals surface area contributed by atoms with E-state index in [9.17, 15) is 35.8 Å². The van der Waals surface area contributed by atoms with Gasteiger partial charge >= 0.3 is 28.6 Å². The molecule has 6 aliphatic heterocycles. The molecule has 8 heterocycles. The number of likely N-dealkylation sites (tertiary alicyclic amines) is 1. The van der Waals surface area contributed by atoms with Crippen molar-refractivity contribution in [1.82, 2.24) is 50.5 Å². The Labute approximate surface area is 436 Å². The molecule has 4 bridgehead atoms. The van der Waals surface area contributed by atoms with Gasteiger partial charge in [-0.15, -0.1) is 24.7 Å². The number of piperidine rings is 2. The van der Waals surface area contributed by atoms with Crippen LogP contribution in [0.15, 0.2) is 8.83 Å². The molecule has 6 saturated heterocycles. The van der Waals surface area contributed by atoms with Gasteiger partial charge in [0.2, 0.25) is 34.0 Å². The van der Waals surface area contributed by atoms with Gasteiger partial charge in [-0.2, -0.15) is 22.8 Å². The van der Waals surface area contributed by atoms with Crippen molar-refractivity contribution in [1.29, 1.82) is 0 Å². The summed E-state index contributed by atoms with van der Waals surface area (Å²) in [6.07, 6.45) is 15.7. The Morgan fingerprint density at radius 2 is 1.18 bits per heavy atom. The fraction of sp³-hybridized carbons (Fsp3) is 0.851. The number of carbonyl (C=O) groups is 3. The van der Waals surface area contributed by atoms with Crippen LogP contribution in [-0.4, -0.2) is 177 Å². The number of hydrogen-bond donors (Lipinski definition) is 2. The van der Waals surface area contributed by atoms with E-state index in [1.807, 2.05) is 20.8 Å². The van der Waals surface area contributed by atoms with Gasteiger partial charge in [0.1, 0.15) is 17.7 Å². The number of nitrogens with zero attached hydrogens (tertiary/aromatic N) is 10. The van der Waals surface area contributed by atoms with E-state index < -0.39 is 62.6 Å². The highest BCUT2D eigenvalue weighted by molar-refractivity contribution is 7.81. The van der Waals surface area contributed by atoms with Crippen molar-refractivity contribution in [3.05, 3.63) is 23.6 Å². The van der Waals surface area contributed by atoms with Gasteiger partial charge in [0, 0.05) is 39.0 Å². The summed E-state index contributed by atoms with van der Waals surface area (Å²) in [5.41, 5.74) is -0.554. The van der Waals surface area contributed by atoms with Crippen LogP contribution in [0.4, 0.5) is 14.4 Å². The largest absolute Gasteiger partial charge is 0.724 e. The molecule has 25 nitrogen and oxygen atoms in total. The lowest BCUT2D eigenvalue weighted by atomic mass is 10.0. The minimum Gasteiger partial charge on any atom is -0.724 e. The van der Waals surface area contributed by atoms with Crippen LogP contribution >= 0.6 is 0 Å². The number of hydroxylamine groups is 4. The van der Waals surface area contributed by atoms with Gasteiger partial charge in [-0.1, -0.05) is 53.4 Å². The normalized spacial score (nSPS) is 24.1. The first-order chi connectivity index (χ1) is 35.0. The molecule has 6 fully saturated rings. The molecule has 2 aromatic heterocycles. The summed E-state index contributed by atoms with van der Waals surface area (Å²) in [5, 5.41) is 20.9.